The van der Waals surface area contributed by atoms with Crippen LogP contribution < -0.4 is 10.9 Å². The maximum atomic E-state index is 14.5. The molecule has 3 heterocycles. The zero-order valence-corrected chi connectivity index (χ0v) is 17.9. The molecule has 0 aliphatic carbocycles. The molecule has 4 rings (SSSR count). The molecule has 0 aliphatic heterocycles. The SMILES string of the molecule is CCOC(=O)c1cc(Cn2occc2=O)c2cncn2c1Nc1ccc(I)cc1F. The molecule has 0 aliphatic rings. The van der Waals surface area contributed by atoms with E-state index in [1.807, 2.05) is 22.6 Å². The molecule has 0 radical (unpaired) electrons. The predicted molar refractivity (Wildman–Crippen MR) is 116 cm³/mol. The molecule has 3 aromatic heterocycles. The van der Waals surface area contributed by atoms with Crippen molar-refractivity contribution >= 4 is 45.6 Å². The number of fused-ring (bicyclic) bond motifs is 1. The van der Waals surface area contributed by atoms with E-state index in [9.17, 15) is 14.0 Å². The Hall–Kier alpha value is -3.15. The maximum Gasteiger partial charge on any atom is 0.341 e. The van der Waals surface area contributed by atoms with E-state index in [4.69, 9.17) is 9.26 Å². The third kappa shape index (κ3) is 3.82. The Kier molecular flexibility index (Phi) is 5.57. The lowest BCUT2D eigenvalue weighted by molar-refractivity contribution is 0.0527. The molecule has 0 fully saturated rings. The number of pyridine rings is 1. The van der Waals surface area contributed by atoms with Crippen molar-refractivity contribution in [3.05, 3.63) is 80.0 Å². The number of carbonyl (C=O) groups is 1. The highest BCUT2D eigenvalue weighted by Crippen LogP contribution is 2.28. The Labute approximate surface area is 183 Å². The van der Waals surface area contributed by atoms with Crippen molar-refractivity contribution in [2.45, 2.75) is 13.5 Å². The molecular formula is C20H16FIN4O4. The second kappa shape index (κ2) is 8.30. The van der Waals surface area contributed by atoms with Crippen LogP contribution in [0.1, 0.15) is 22.8 Å². The Balaban J connectivity index is 1.88. The summed E-state index contributed by atoms with van der Waals surface area (Å²) in [5.41, 5.74) is 1.30. The van der Waals surface area contributed by atoms with Gasteiger partial charge in [-0.15, -0.1) is 0 Å². The molecule has 10 heteroatoms. The highest BCUT2D eigenvalue weighted by molar-refractivity contribution is 14.1. The van der Waals surface area contributed by atoms with Gasteiger partial charge in [0.05, 0.1) is 30.6 Å². The monoisotopic (exact) mass is 522 g/mol. The molecule has 8 nitrogen and oxygen atoms in total. The zero-order chi connectivity index (χ0) is 21.3. The number of esters is 1. The van der Waals surface area contributed by atoms with Crippen molar-refractivity contribution in [1.29, 1.82) is 0 Å². The number of nitrogens with one attached hydrogen (secondary N) is 1. The molecule has 0 spiro atoms. The summed E-state index contributed by atoms with van der Waals surface area (Å²) in [4.78, 5) is 28.7. The molecule has 0 atom stereocenters. The summed E-state index contributed by atoms with van der Waals surface area (Å²) in [6.45, 7) is 1.96. The summed E-state index contributed by atoms with van der Waals surface area (Å²) in [5.74, 6) is -0.748. The molecule has 0 saturated heterocycles. The lowest BCUT2D eigenvalue weighted by Gasteiger charge is -2.17. The van der Waals surface area contributed by atoms with Crippen LogP contribution in [0, 0.1) is 9.39 Å². The van der Waals surface area contributed by atoms with Crippen molar-refractivity contribution in [2.75, 3.05) is 11.9 Å². The Morgan fingerprint density at radius 3 is 2.87 bits per heavy atom. The number of rotatable bonds is 6. The number of hydrogen-bond donors (Lipinski definition) is 1. The smallest absolute Gasteiger partial charge is 0.341 e. The van der Waals surface area contributed by atoms with Crippen molar-refractivity contribution in [2.24, 2.45) is 0 Å². The van der Waals surface area contributed by atoms with Crippen LogP contribution in [0.4, 0.5) is 15.9 Å². The standard InChI is InChI=1S/C20H16FIN4O4/c1-2-29-20(28)14-7-12(10-26-18(27)5-6-30-26)17-9-23-11-25(17)19(14)24-16-4-3-13(22)8-15(16)21/h3-9,11,24H,2,10H2,1H3. The molecule has 1 aromatic carbocycles. The van der Waals surface area contributed by atoms with Gasteiger partial charge in [-0.05, 0) is 53.8 Å². The van der Waals surface area contributed by atoms with Crippen LogP contribution in [-0.2, 0) is 11.3 Å². The minimum atomic E-state index is -0.588. The summed E-state index contributed by atoms with van der Waals surface area (Å²) >= 11 is 2.02. The first-order chi connectivity index (χ1) is 14.5. The van der Waals surface area contributed by atoms with E-state index in [0.29, 0.717) is 16.9 Å². The second-order valence-corrected chi connectivity index (χ2v) is 7.58. The van der Waals surface area contributed by atoms with Crippen LogP contribution in [-0.4, -0.2) is 26.7 Å². The minimum absolute atomic E-state index is 0.0889. The normalized spacial score (nSPS) is 11.0. The third-order valence-corrected chi connectivity index (χ3v) is 5.09. The predicted octanol–water partition coefficient (Wildman–Crippen LogP) is 3.80. The van der Waals surface area contributed by atoms with E-state index < -0.39 is 11.8 Å². The Morgan fingerprint density at radius 2 is 2.17 bits per heavy atom. The van der Waals surface area contributed by atoms with Gasteiger partial charge in [-0.2, -0.15) is 4.74 Å². The minimum Gasteiger partial charge on any atom is -0.462 e. The van der Waals surface area contributed by atoms with Gasteiger partial charge in [0.1, 0.15) is 29.8 Å². The summed E-state index contributed by atoms with van der Waals surface area (Å²) in [6.07, 6.45) is 4.38. The summed E-state index contributed by atoms with van der Waals surface area (Å²) in [6, 6.07) is 7.62. The van der Waals surface area contributed by atoms with Crippen molar-refractivity contribution in [3.8, 4) is 0 Å². The summed E-state index contributed by atoms with van der Waals surface area (Å²) in [5, 5.41) is 2.99. The lowest BCUT2D eigenvalue weighted by atomic mass is 10.1. The first-order valence-electron chi connectivity index (χ1n) is 9.00. The second-order valence-electron chi connectivity index (χ2n) is 6.33. The zero-order valence-electron chi connectivity index (χ0n) is 15.8. The average Bonchev–Trinajstić information content (AvgIpc) is 3.35. The average molecular weight is 522 g/mol. The number of benzene rings is 1. The van der Waals surface area contributed by atoms with Gasteiger partial charge in [0.15, 0.2) is 0 Å². The van der Waals surface area contributed by atoms with Crippen molar-refractivity contribution < 1.29 is 18.4 Å². The third-order valence-electron chi connectivity index (χ3n) is 4.42. The fourth-order valence-corrected chi connectivity index (χ4v) is 3.51. The first-order valence-corrected chi connectivity index (χ1v) is 10.1. The molecule has 0 saturated carbocycles. The van der Waals surface area contributed by atoms with Gasteiger partial charge in [0, 0.05) is 15.2 Å². The van der Waals surface area contributed by atoms with Crippen molar-refractivity contribution in [3.63, 3.8) is 0 Å². The van der Waals surface area contributed by atoms with Crippen LogP contribution in [0.25, 0.3) is 5.52 Å². The Morgan fingerprint density at radius 1 is 1.33 bits per heavy atom. The van der Waals surface area contributed by atoms with Crippen LogP contribution in [0.15, 0.2) is 58.4 Å². The molecule has 0 bridgehead atoms. The summed E-state index contributed by atoms with van der Waals surface area (Å²) in [7, 11) is 0. The number of imidazole rings is 1. The maximum absolute atomic E-state index is 14.5. The summed E-state index contributed by atoms with van der Waals surface area (Å²) < 4.78 is 28.4. The van der Waals surface area contributed by atoms with Gasteiger partial charge in [-0.3, -0.25) is 9.20 Å². The van der Waals surface area contributed by atoms with Crippen LogP contribution in [0.2, 0.25) is 0 Å². The van der Waals surface area contributed by atoms with Crippen molar-refractivity contribution in [1.82, 2.24) is 14.1 Å². The highest BCUT2D eigenvalue weighted by atomic mass is 127. The van der Waals surface area contributed by atoms with E-state index in [0.717, 1.165) is 8.31 Å². The van der Waals surface area contributed by atoms with E-state index in [1.54, 1.807) is 35.7 Å². The molecule has 154 valence electrons. The van der Waals surface area contributed by atoms with Gasteiger partial charge in [-0.1, -0.05) is 0 Å². The van der Waals surface area contributed by atoms with Gasteiger partial charge in [0.2, 0.25) is 0 Å². The molecule has 0 unspecified atom stereocenters. The van der Waals surface area contributed by atoms with E-state index in [1.165, 1.54) is 24.7 Å². The van der Waals surface area contributed by atoms with Crippen LogP contribution >= 0.6 is 22.6 Å². The van der Waals surface area contributed by atoms with Gasteiger partial charge >= 0.3 is 5.97 Å². The number of aromatic nitrogens is 3. The first kappa shape index (κ1) is 20.1. The van der Waals surface area contributed by atoms with E-state index >= 15 is 0 Å². The molecule has 4 aromatic rings. The number of ether oxygens (including phenoxy) is 1. The highest BCUT2D eigenvalue weighted by Gasteiger charge is 2.21. The molecule has 30 heavy (non-hydrogen) atoms. The van der Waals surface area contributed by atoms with E-state index in [-0.39, 0.29) is 30.0 Å². The van der Waals surface area contributed by atoms with E-state index in [2.05, 4.69) is 10.3 Å². The largest absolute Gasteiger partial charge is 0.462 e. The molecular weight excluding hydrogens is 506 g/mol. The Bertz CT molecular complexity index is 1290. The van der Waals surface area contributed by atoms with Crippen LogP contribution in [0.5, 0.6) is 0 Å². The fraction of sp³-hybridized carbons (Fsp3) is 0.150. The number of hydrogen-bond acceptors (Lipinski definition) is 6. The number of nitrogens with zero attached hydrogens (tertiary/aromatic N) is 3. The molecule has 1 N–H and O–H groups in total. The van der Waals surface area contributed by atoms with Gasteiger partial charge < -0.3 is 14.6 Å². The number of halogens is 2. The number of anilines is 2. The van der Waals surface area contributed by atoms with Gasteiger partial charge in [0.25, 0.3) is 5.56 Å². The number of carbonyl (C=O) groups excluding carboxylic acids is 1. The molecule has 0 amide bonds. The topological polar surface area (TPSA) is 90.8 Å². The fourth-order valence-electron chi connectivity index (χ4n) is 3.06. The quantitative estimate of drug-likeness (QED) is 0.306. The van der Waals surface area contributed by atoms with Crippen LogP contribution in [0.3, 0.4) is 0 Å². The van der Waals surface area contributed by atoms with Gasteiger partial charge in [-0.25, -0.2) is 14.2 Å². The lowest BCUT2D eigenvalue weighted by Crippen LogP contribution is -2.17.